The van der Waals surface area contributed by atoms with Gasteiger partial charge in [0.15, 0.2) is 0 Å². The summed E-state index contributed by atoms with van der Waals surface area (Å²) in [4.78, 5) is 11.2. The Bertz CT molecular complexity index is 446. The Morgan fingerprint density at radius 3 is 2.47 bits per heavy atom. The van der Waals surface area contributed by atoms with Gasteiger partial charge in [-0.2, -0.15) is 0 Å². The zero-order chi connectivity index (χ0) is 12.8. The van der Waals surface area contributed by atoms with Gasteiger partial charge in [-0.3, -0.25) is 4.79 Å². The lowest BCUT2D eigenvalue weighted by Gasteiger charge is -2.08. The molecule has 0 aromatic heterocycles. The van der Waals surface area contributed by atoms with Crippen molar-refractivity contribution >= 4 is 5.97 Å². The molecule has 1 aliphatic rings. The highest BCUT2D eigenvalue weighted by Crippen LogP contribution is 2.64. The molecule has 1 N–H and O–H groups in total. The summed E-state index contributed by atoms with van der Waals surface area (Å²) in [5, 5.41) is 9.20. The Morgan fingerprint density at radius 1 is 1.35 bits per heavy atom. The molecule has 2 atom stereocenters. The van der Waals surface area contributed by atoms with Crippen LogP contribution >= 0.6 is 0 Å². The van der Waals surface area contributed by atoms with Gasteiger partial charge >= 0.3 is 5.97 Å². The van der Waals surface area contributed by atoms with Crippen molar-refractivity contribution in [3.63, 3.8) is 0 Å². The van der Waals surface area contributed by atoms with Crippen molar-refractivity contribution in [1.82, 2.24) is 0 Å². The quantitative estimate of drug-likeness (QED) is 0.864. The van der Waals surface area contributed by atoms with Crippen LogP contribution in [0.4, 0.5) is 0 Å². The van der Waals surface area contributed by atoms with Crippen LogP contribution in [0.15, 0.2) is 24.3 Å². The summed E-state index contributed by atoms with van der Waals surface area (Å²) in [6.45, 7) is 8.40. The molecule has 0 aliphatic heterocycles. The maximum Gasteiger partial charge on any atom is 0.307 e. The monoisotopic (exact) mass is 232 g/mol. The zero-order valence-electron chi connectivity index (χ0n) is 10.9. The van der Waals surface area contributed by atoms with Gasteiger partial charge in [0.05, 0.1) is 5.92 Å². The van der Waals surface area contributed by atoms with E-state index in [0.717, 1.165) is 0 Å². The lowest BCUT2D eigenvalue weighted by atomic mass is 9.96. The predicted octanol–water partition coefficient (Wildman–Crippen LogP) is 3.63. The molecule has 0 bridgehead atoms. The Kier molecular flexibility index (Phi) is 2.76. The Morgan fingerprint density at radius 2 is 2.00 bits per heavy atom. The summed E-state index contributed by atoms with van der Waals surface area (Å²) in [6, 6.07) is 8.37. The third kappa shape index (κ3) is 1.97. The van der Waals surface area contributed by atoms with Gasteiger partial charge in [-0.1, -0.05) is 52.0 Å². The molecular formula is C15H20O2. The Balaban J connectivity index is 2.31. The molecule has 1 aromatic carbocycles. The molecule has 1 aliphatic carbocycles. The van der Waals surface area contributed by atoms with Gasteiger partial charge in [0.2, 0.25) is 0 Å². The highest BCUT2D eigenvalue weighted by atomic mass is 16.4. The van der Waals surface area contributed by atoms with Gasteiger partial charge in [0, 0.05) is 5.92 Å². The molecule has 1 aromatic rings. The van der Waals surface area contributed by atoms with Crippen LogP contribution in [0.25, 0.3) is 0 Å². The second kappa shape index (κ2) is 3.86. The standard InChI is InChI=1S/C15H20O2/c1-9(2)10-6-5-7-11(8-10)12-13(14(16)17)15(12,3)4/h5-9,12-13H,1-4H3,(H,16,17). The second-order valence-electron chi connectivity index (χ2n) is 5.94. The van der Waals surface area contributed by atoms with Crippen molar-refractivity contribution in [2.75, 3.05) is 0 Å². The Hall–Kier alpha value is -1.31. The first kappa shape index (κ1) is 12.2. The third-order valence-electron chi connectivity index (χ3n) is 4.03. The van der Waals surface area contributed by atoms with Crippen LogP contribution < -0.4 is 0 Å². The maximum absolute atomic E-state index is 11.2. The Labute approximate surface area is 103 Å². The molecular weight excluding hydrogens is 212 g/mol. The number of carboxylic acids is 1. The SMILES string of the molecule is CC(C)c1cccc(C2C(C(=O)O)C2(C)C)c1. The van der Waals surface area contributed by atoms with Crippen molar-refractivity contribution in [3.05, 3.63) is 35.4 Å². The number of carboxylic acid groups (broad SMARTS) is 1. The number of benzene rings is 1. The molecule has 1 fully saturated rings. The van der Waals surface area contributed by atoms with Gasteiger partial charge < -0.3 is 5.11 Å². The molecule has 2 rings (SSSR count). The summed E-state index contributed by atoms with van der Waals surface area (Å²) in [5.41, 5.74) is 2.35. The lowest BCUT2D eigenvalue weighted by Crippen LogP contribution is -2.03. The number of rotatable bonds is 3. The predicted molar refractivity (Wildman–Crippen MR) is 68.2 cm³/mol. The average Bonchev–Trinajstić information content (AvgIpc) is 2.82. The highest BCUT2D eigenvalue weighted by Gasteiger charge is 2.62. The molecule has 2 heteroatoms. The molecule has 0 spiro atoms. The first-order valence-corrected chi connectivity index (χ1v) is 6.18. The molecule has 17 heavy (non-hydrogen) atoms. The number of hydrogen-bond acceptors (Lipinski definition) is 1. The van der Waals surface area contributed by atoms with E-state index in [1.54, 1.807) is 0 Å². The van der Waals surface area contributed by atoms with Gasteiger partial charge in [0.25, 0.3) is 0 Å². The van der Waals surface area contributed by atoms with E-state index in [1.165, 1.54) is 11.1 Å². The van der Waals surface area contributed by atoms with Gasteiger partial charge in [-0.25, -0.2) is 0 Å². The van der Waals surface area contributed by atoms with E-state index in [0.29, 0.717) is 5.92 Å². The minimum absolute atomic E-state index is 0.110. The molecule has 0 saturated heterocycles. The van der Waals surface area contributed by atoms with Crippen LogP contribution in [-0.2, 0) is 4.79 Å². The van der Waals surface area contributed by atoms with Crippen LogP contribution in [0.2, 0.25) is 0 Å². The first-order chi connectivity index (χ1) is 7.85. The molecule has 2 nitrogen and oxygen atoms in total. The van der Waals surface area contributed by atoms with E-state index in [9.17, 15) is 9.90 Å². The van der Waals surface area contributed by atoms with E-state index in [-0.39, 0.29) is 17.3 Å². The van der Waals surface area contributed by atoms with Crippen LogP contribution in [0.3, 0.4) is 0 Å². The minimum atomic E-state index is -0.671. The number of carbonyl (C=O) groups is 1. The van der Waals surface area contributed by atoms with Gasteiger partial charge in [-0.05, 0) is 22.5 Å². The fraction of sp³-hybridized carbons (Fsp3) is 0.533. The van der Waals surface area contributed by atoms with E-state index >= 15 is 0 Å². The maximum atomic E-state index is 11.2. The van der Waals surface area contributed by atoms with Crippen LogP contribution in [0.1, 0.15) is 50.7 Å². The van der Waals surface area contributed by atoms with Crippen LogP contribution in [0.5, 0.6) is 0 Å². The van der Waals surface area contributed by atoms with Crippen LogP contribution in [0, 0.1) is 11.3 Å². The average molecular weight is 232 g/mol. The van der Waals surface area contributed by atoms with Gasteiger partial charge in [-0.15, -0.1) is 0 Å². The molecule has 0 radical (unpaired) electrons. The van der Waals surface area contributed by atoms with Crippen molar-refractivity contribution in [2.24, 2.45) is 11.3 Å². The van der Waals surface area contributed by atoms with Crippen molar-refractivity contribution in [1.29, 1.82) is 0 Å². The molecule has 1 saturated carbocycles. The molecule has 92 valence electrons. The third-order valence-corrected chi connectivity index (χ3v) is 4.03. The smallest absolute Gasteiger partial charge is 0.307 e. The van der Waals surface area contributed by atoms with Crippen LogP contribution in [-0.4, -0.2) is 11.1 Å². The number of aliphatic carboxylic acids is 1. The molecule has 0 heterocycles. The van der Waals surface area contributed by atoms with Crippen molar-refractivity contribution in [3.8, 4) is 0 Å². The second-order valence-corrected chi connectivity index (χ2v) is 5.94. The largest absolute Gasteiger partial charge is 0.481 e. The van der Waals surface area contributed by atoms with E-state index in [4.69, 9.17) is 0 Å². The van der Waals surface area contributed by atoms with E-state index in [2.05, 4.69) is 32.0 Å². The van der Waals surface area contributed by atoms with Crippen molar-refractivity contribution in [2.45, 2.75) is 39.5 Å². The summed E-state index contributed by atoms with van der Waals surface area (Å²) in [6.07, 6.45) is 0. The summed E-state index contributed by atoms with van der Waals surface area (Å²) in [5.74, 6) is -0.251. The zero-order valence-corrected chi connectivity index (χ0v) is 10.9. The topological polar surface area (TPSA) is 37.3 Å². The first-order valence-electron chi connectivity index (χ1n) is 6.18. The summed E-state index contributed by atoms with van der Waals surface area (Å²) < 4.78 is 0. The van der Waals surface area contributed by atoms with Crippen molar-refractivity contribution < 1.29 is 9.90 Å². The lowest BCUT2D eigenvalue weighted by molar-refractivity contribution is -0.139. The molecule has 0 amide bonds. The highest BCUT2D eigenvalue weighted by molar-refractivity contribution is 5.77. The van der Waals surface area contributed by atoms with E-state index < -0.39 is 5.97 Å². The summed E-state index contributed by atoms with van der Waals surface area (Å²) >= 11 is 0. The minimum Gasteiger partial charge on any atom is -0.481 e. The number of hydrogen-bond donors (Lipinski definition) is 1. The molecule has 2 unspecified atom stereocenters. The normalized spacial score (nSPS) is 25.9. The van der Waals surface area contributed by atoms with Gasteiger partial charge in [0.1, 0.15) is 0 Å². The summed E-state index contributed by atoms with van der Waals surface area (Å²) in [7, 11) is 0. The van der Waals surface area contributed by atoms with E-state index in [1.807, 2.05) is 19.9 Å². The fourth-order valence-corrected chi connectivity index (χ4v) is 2.83. The fourth-order valence-electron chi connectivity index (χ4n) is 2.83.